The zero-order chi connectivity index (χ0) is 24.7. The summed E-state index contributed by atoms with van der Waals surface area (Å²) in [6, 6.07) is 13.1. The van der Waals surface area contributed by atoms with Gasteiger partial charge in [0.05, 0.1) is 35.5 Å². The van der Waals surface area contributed by atoms with Gasteiger partial charge in [-0.15, -0.1) is 0 Å². The van der Waals surface area contributed by atoms with Gasteiger partial charge in [0.2, 0.25) is 0 Å². The van der Waals surface area contributed by atoms with E-state index in [9.17, 15) is 10.1 Å². The van der Waals surface area contributed by atoms with E-state index < -0.39 is 0 Å². The zero-order valence-electron chi connectivity index (χ0n) is 20.1. The summed E-state index contributed by atoms with van der Waals surface area (Å²) >= 11 is 5.88. The number of thiocarbonyl (C=S) groups is 1. The summed E-state index contributed by atoms with van der Waals surface area (Å²) in [5.41, 5.74) is 4.72. The fraction of sp³-hybridized carbons (Fsp3) is 0.385. The lowest BCUT2D eigenvalue weighted by Crippen LogP contribution is -2.37. The van der Waals surface area contributed by atoms with Crippen LogP contribution in [0.4, 0.5) is 5.69 Å². The van der Waals surface area contributed by atoms with Crippen LogP contribution < -0.4 is 10.1 Å². The van der Waals surface area contributed by atoms with Gasteiger partial charge in [-0.1, -0.05) is 18.9 Å². The summed E-state index contributed by atoms with van der Waals surface area (Å²) in [7, 11) is 1.58. The number of aromatic nitrogens is 2. The van der Waals surface area contributed by atoms with E-state index in [1.807, 2.05) is 35.9 Å². The number of methoxy groups -OCH3 is 1. The molecular formula is C26H29N5O3S. The van der Waals surface area contributed by atoms with E-state index in [0.717, 1.165) is 40.6 Å². The number of rotatable bonds is 6. The summed E-state index contributed by atoms with van der Waals surface area (Å²) < 4.78 is 7.64. The van der Waals surface area contributed by atoms with Gasteiger partial charge in [-0.2, -0.15) is 0 Å². The third kappa shape index (κ3) is 4.03. The Hall–Kier alpha value is -3.46. The van der Waals surface area contributed by atoms with Crippen molar-refractivity contribution in [1.82, 2.24) is 19.8 Å². The van der Waals surface area contributed by atoms with Crippen LogP contribution in [0.2, 0.25) is 0 Å². The molecule has 1 aliphatic carbocycles. The monoisotopic (exact) mass is 491 g/mol. The number of nitro groups is 1. The quantitative estimate of drug-likeness (QED) is 0.284. The molecule has 0 radical (unpaired) electrons. The molecule has 1 aliphatic heterocycles. The number of non-ortho nitro benzene ring substituents is 1. The van der Waals surface area contributed by atoms with Crippen molar-refractivity contribution in [2.45, 2.75) is 57.7 Å². The van der Waals surface area contributed by atoms with Gasteiger partial charge in [0.25, 0.3) is 5.69 Å². The fourth-order valence-electron chi connectivity index (χ4n) is 5.70. The van der Waals surface area contributed by atoms with E-state index in [2.05, 4.69) is 28.2 Å². The molecule has 0 bridgehead atoms. The van der Waals surface area contributed by atoms with Crippen molar-refractivity contribution in [2.24, 2.45) is 0 Å². The zero-order valence-corrected chi connectivity index (χ0v) is 20.9. The second-order valence-electron chi connectivity index (χ2n) is 9.25. The maximum absolute atomic E-state index is 11.5. The minimum atomic E-state index is -0.379. The normalized spacial score (nSPS) is 20.3. The van der Waals surface area contributed by atoms with Crippen LogP contribution in [0.15, 0.2) is 48.7 Å². The summed E-state index contributed by atoms with van der Waals surface area (Å²) in [6.07, 6.45) is 6.45. The molecule has 1 N–H and O–H groups in total. The lowest BCUT2D eigenvalue weighted by atomic mass is 9.95. The van der Waals surface area contributed by atoms with E-state index in [1.165, 1.54) is 18.9 Å². The largest absolute Gasteiger partial charge is 0.495 e. The topological polar surface area (TPSA) is 85.5 Å². The highest BCUT2D eigenvalue weighted by Gasteiger charge is 2.44. The third-order valence-electron chi connectivity index (χ3n) is 7.26. The Bertz CT molecular complexity index is 1270. The molecule has 1 saturated heterocycles. The smallest absolute Gasteiger partial charge is 0.271 e. The molecule has 35 heavy (non-hydrogen) atoms. The highest BCUT2D eigenvalue weighted by molar-refractivity contribution is 7.80. The standard InChI is InChI=1S/C26H29N5O3S/c1-16-14-20(17(2)29(16)22-15-19(31(32)33)11-12-23(22)34-3)25-24(21-10-6-7-13-27-21)28-26(35)30(25)18-8-4-5-9-18/h6-7,10-15,18,24-25H,4-5,8-9H2,1-3H3,(H,28,35)/t24-,25+/m0/s1. The number of aryl methyl sites for hydroxylation is 1. The van der Waals surface area contributed by atoms with Crippen molar-refractivity contribution in [3.63, 3.8) is 0 Å². The Labute approximate surface area is 210 Å². The van der Waals surface area contributed by atoms with Gasteiger partial charge in [-0.25, -0.2) is 0 Å². The van der Waals surface area contributed by atoms with Crippen LogP contribution in [-0.4, -0.2) is 37.6 Å². The van der Waals surface area contributed by atoms with Crippen LogP contribution >= 0.6 is 12.2 Å². The van der Waals surface area contributed by atoms with Gasteiger partial charge in [-0.3, -0.25) is 15.1 Å². The van der Waals surface area contributed by atoms with E-state index in [4.69, 9.17) is 17.0 Å². The predicted octanol–water partition coefficient (Wildman–Crippen LogP) is 5.32. The molecule has 1 aromatic carbocycles. The average Bonchev–Trinajstić information content (AvgIpc) is 3.57. The van der Waals surface area contributed by atoms with Crippen molar-refractivity contribution in [3.05, 3.63) is 81.4 Å². The Morgan fingerprint density at radius 3 is 2.60 bits per heavy atom. The van der Waals surface area contributed by atoms with Crippen molar-refractivity contribution < 1.29 is 9.66 Å². The minimum Gasteiger partial charge on any atom is -0.495 e. The number of nitro benzene ring substituents is 1. The first-order valence-electron chi connectivity index (χ1n) is 11.9. The molecule has 1 saturated carbocycles. The molecule has 0 spiro atoms. The summed E-state index contributed by atoms with van der Waals surface area (Å²) in [5.74, 6) is 0.581. The van der Waals surface area contributed by atoms with Crippen LogP contribution in [0.5, 0.6) is 5.75 Å². The van der Waals surface area contributed by atoms with E-state index in [-0.39, 0.29) is 22.7 Å². The van der Waals surface area contributed by atoms with Crippen LogP contribution in [0.25, 0.3) is 5.69 Å². The van der Waals surface area contributed by atoms with Gasteiger partial charge >= 0.3 is 0 Å². The molecule has 9 heteroatoms. The molecule has 8 nitrogen and oxygen atoms in total. The highest BCUT2D eigenvalue weighted by Crippen LogP contribution is 2.45. The highest BCUT2D eigenvalue weighted by atomic mass is 32.1. The summed E-state index contributed by atoms with van der Waals surface area (Å²) in [6.45, 7) is 4.08. The van der Waals surface area contributed by atoms with Gasteiger partial charge in [0.15, 0.2) is 5.11 Å². The lowest BCUT2D eigenvalue weighted by Gasteiger charge is -2.33. The molecule has 2 aromatic heterocycles. The second kappa shape index (κ2) is 9.30. The van der Waals surface area contributed by atoms with Crippen molar-refractivity contribution in [3.8, 4) is 11.4 Å². The molecule has 182 valence electrons. The van der Waals surface area contributed by atoms with E-state index in [1.54, 1.807) is 19.2 Å². The number of hydrogen-bond acceptors (Lipinski definition) is 5. The molecule has 0 amide bonds. The van der Waals surface area contributed by atoms with Crippen LogP contribution in [0, 0.1) is 24.0 Å². The Morgan fingerprint density at radius 2 is 1.94 bits per heavy atom. The van der Waals surface area contributed by atoms with Crippen molar-refractivity contribution >= 4 is 23.0 Å². The molecule has 0 unspecified atom stereocenters. The molecule has 2 fully saturated rings. The Morgan fingerprint density at radius 1 is 1.17 bits per heavy atom. The van der Waals surface area contributed by atoms with Crippen molar-refractivity contribution in [2.75, 3.05) is 7.11 Å². The fourth-order valence-corrected chi connectivity index (χ4v) is 6.09. The van der Waals surface area contributed by atoms with Gasteiger partial charge < -0.3 is 19.5 Å². The molecule has 3 aromatic rings. The molecule has 5 rings (SSSR count). The molecular weight excluding hydrogens is 462 g/mol. The minimum absolute atomic E-state index is 0.0255. The summed E-state index contributed by atoms with van der Waals surface area (Å²) in [4.78, 5) is 18.2. The number of nitrogens with one attached hydrogen (secondary N) is 1. The number of pyridine rings is 1. The SMILES string of the molecule is COc1ccc([N+](=O)[O-])cc1-n1c(C)cc([C@@H]2[C@H](c3ccccn3)NC(=S)N2C2CCCC2)c1C. The van der Waals surface area contributed by atoms with E-state index >= 15 is 0 Å². The van der Waals surface area contributed by atoms with Crippen LogP contribution in [0.3, 0.4) is 0 Å². The lowest BCUT2D eigenvalue weighted by molar-refractivity contribution is -0.384. The number of benzene rings is 1. The average molecular weight is 492 g/mol. The van der Waals surface area contributed by atoms with Crippen molar-refractivity contribution in [1.29, 1.82) is 0 Å². The summed E-state index contributed by atoms with van der Waals surface area (Å²) in [5, 5.41) is 15.8. The van der Waals surface area contributed by atoms with Crippen LogP contribution in [0.1, 0.15) is 60.4 Å². The van der Waals surface area contributed by atoms with E-state index in [0.29, 0.717) is 17.5 Å². The second-order valence-corrected chi connectivity index (χ2v) is 9.63. The third-order valence-corrected chi connectivity index (χ3v) is 7.59. The maximum Gasteiger partial charge on any atom is 0.271 e. The Kier molecular flexibility index (Phi) is 6.19. The molecule has 2 atom stereocenters. The number of hydrogen-bond donors (Lipinski definition) is 1. The van der Waals surface area contributed by atoms with Gasteiger partial charge in [0, 0.05) is 35.8 Å². The molecule has 2 aliphatic rings. The first-order valence-corrected chi connectivity index (χ1v) is 12.3. The van der Waals surface area contributed by atoms with Crippen LogP contribution in [-0.2, 0) is 0 Å². The predicted molar refractivity (Wildman–Crippen MR) is 138 cm³/mol. The van der Waals surface area contributed by atoms with Gasteiger partial charge in [0.1, 0.15) is 5.75 Å². The first kappa shape index (κ1) is 23.3. The van der Waals surface area contributed by atoms with Gasteiger partial charge in [-0.05, 0) is 68.7 Å². The number of nitrogens with zero attached hydrogens (tertiary/aromatic N) is 4. The maximum atomic E-state index is 11.5. The number of ether oxygens (including phenoxy) is 1. The Balaban J connectivity index is 1.66. The molecule has 3 heterocycles. The first-order chi connectivity index (χ1) is 16.9.